The van der Waals surface area contributed by atoms with Gasteiger partial charge in [-0.25, -0.2) is 0 Å². The van der Waals surface area contributed by atoms with Crippen molar-refractivity contribution >= 4 is 5.82 Å². The molecule has 0 bridgehead atoms. The molecular weight excluding hydrogens is 226 g/mol. The first kappa shape index (κ1) is 14.5. The van der Waals surface area contributed by atoms with E-state index in [1.54, 1.807) is 4.68 Å². The lowest BCUT2D eigenvalue weighted by Crippen LogP contribution is -2.34. The monoisotopic (exact) mass is 249 g/mol. The van der Waals surface area contributed by atoms with Gasteiger partial charge in [-0.3, -0.25) is 4.68 Å². The number of rotatable bonds is 5. The van der Waals surface area contributed by atoms with E-state index in [9.17, 15) is 0 Å². The highest BCUT2D eigenvalue weighted by Crippen LogP contribution is 2.21. The molecule has 100 valence electrons. The lowest BCUT2D eigenvalue weighted by molar-refractivity contribution is 0.254. The third-order valence-electron chi connectivity index (χ3n) is 2.81. The Morgan fingerprint density at radius 2 is 2.06 bits per heavy atom. The molecule has 0 saturated heterocycles. The quantitative estimate of drug-likeness (QED) is 0.861. The van der Waals surface area contributed by atoms with Crippen LogP contribution in [0.1, 0.15) is 25.1 Å². The Balaban J connectivity index is 2.78. The van der Waals surface area contributed by atoms with Crippen LogP contribution in [-0.4, -0.2) is 41.9 Å². The molecule has 1 heterocycles. The van der Waals surface area contributed by atoms with Crippen LogP contribution in [0.4, 0.5) is 5.82 Å². The van der Waals surface area contributed by atoms with Gasteiger partial charge in [-0.05, 0) is 26.4 Å². The molecule has 0 aromatic carbocycles. The van der Waals surface area contributed by atoms with E-state index in [4.69, 9.17) is 5.26 Å². The molecule has 0 aliphatic heterocycles. The maximum Gasteiger partial charge on any atom is 0.142 e. The molecule has 0 unspecified atom stereocenters. The second kappa shape index (κ2) is 5.40. The number of nitrogens with zero attached hydrogens (tertiary/aromatic N) is 4. The van der Waals surface area contributed by atoms with Crippen LogP contribution >= 0.6 is 0 Å². The maximum absolute atomic E-state index is 9.14. The number of aromatic nitrogens is 2. The van der Waals surface area contributed by atoms with Crippen LogP contribution in [-0.2, 0) is 7.05 Å². The van der Waals surface area contributed by atoms with Gasteiger partial charge in [-0.15, -0.1) is 0 Å². The molecule has 0 aliphatic rings. The van der Waals surface area contributed by atoms with Crippen molar-refractivity contribution in [3.63, 3.8) is 0 Å². The molecule has 1 rings (SSSR count). The summed E-state index contributed by atoms with van der Waals surface area (Å²) in [5.41, 5.74) is 1.54. The minimum Gasteiger partial charge on any atom is -0.369 e. The highest BCUT2D eigenvalue weighted by atomic mass is 15.3. The zero-order valence-electron chi connectivity index (χ0n) is 12.2. The summed E-state index contributed by atoms with van der Waals surface area (Å²) in [7, 11) is 5.99. The smallest absolute Gasteiger partial charge is 0.142 e. The van der Waals surface area contributed by atoms with Crippen molar-refractivity contribution in [1.82, 2.24) is 14.7 Å². The Morgan fingerprint density at radius 3 is 2.56 bits per heavy atom. The average Bonchev–Trinajstić information content (AvgIpc) is 2.47. The van der Waals surface area contributed by atoms with E-state index in [1.807, 2.05) is 14.0 Å². The van der Waals surface area contributed by atoms with Crippen molar-refractivity contribution in [2.75, 3.05) is 32.5 Å². The van der Waals surface area contributed by atoms with Crippen LogP contribution in [0.3, 0.4) is 0 Å². The molecule has 5 nitrogen and oxygen atoms in total. The SMILES string of the molecule is Cc1nn(C)c(NCC(C)(C)CN(C)C)c1C#N. The second-order valence-corrected chi connectivity index (χ2v) is 5.80. The van der Waals surface area contributed by atoms with Gasteiger partial charge in [0.05, 0.1) is 5.69 Å². The van der Waals surface area contributed by atoms with E-state index in [1.165, 1.54) is 0 Å². The van der Waals surface area contributed by atoms with Crippen LogP contribution in [0.25, 0.3) is 0 Å². The molecule has 0 saturated carbocycles. The van der Waals surface area contributed by atoms with Crippen LogP contribution in [0.15, 0.2) is 0 Å². The fraction of sp³-hybridized carbons (Fsp3) is 0.692. The van der Waals surface area contributed by atoms with Gasteiger partial charge in [-0.2, -0.15) is 10.4 Å². The van der Waals surface area contributed by atoms with Crippen molar-refractivity contribution in [2.24, 2.45) is 12.5 Å². The molecule has 0 atom stereocenters. The highest BCUT2D eigenvalue weighted by Gasteiger charge is 2.21. The molecule has 1 N–H and O–H groups in total. The standard InChI is InChI=1S/C13H23N5/c1-10-11(7-14)12(18(6)16-10)15-8-13(2,3)9-17(4)5/h15H,8-9H2,1-6H3. The average molecular weight is 249 g/mol. The summed E-state index contributed by atoms with van der Waals surface area (Å²) in [4.78, 5) is 2.17. The lowest BCUT2D eigenvalue weighted by atomic mass is 9.93. The summed E-state index contributed by atoms with van der Waals surface area (Å²) in [6.07, 6.45) is 0. The number of aryl methyl sites for hydroxylation is 2. The first-order valence-corrected chi connectivity index (χ1v) is 6.09. The number of hydrogen-bond donors (Lipinski definition) is 1. The zero-order chi connectivity index (χ0) is 13.9. The number of nitrogens with one attached hydrogen (secondary N) is 1. The number of nitriles is 1. The molecule has 18 heavy (non-hydrogen) atoms. The first-order valence-electron chi connectivity index (χ1n) is 6.09. The Hall–Kier alpha value is -1.54. The van der Waals surface area contributed by atoms with Gasteiger partial charge in [0.2, 0.25) is 0 Å². The molecule has 1 aromatic rings. The predicted octanol–water partition coefficient (Wildman–Crippen LogP) is 1.60. The summed E-state index contributed by atoms with van der Waals surface area (Å²) in [5.74, 6) is 0.807. The van der Waals surface area contributed by atoms with Crippen LogP contribution in [0.5, 0.6) is 0 Å². The van der Waals surface area contributed by atoms with Gasteiger partial charge in [-0.1, -0.05) is 13.8 Å². The van der Waals surface area contributed by atoms with Gasteiger partial charge in [0, 0.05) is 20.1 Å². The third kappa shape index (κ3) is 3.47. The van der Waals surface area contributed by atoms with Crippen molar-refractivity contribution < 1.29 is 0 Å². The molecule has 0 amide bonds. The van der Waals surface area contributed by atoms with Crippen LogP contribution in [0.2, 0.25) is 0 Å². The Labute approximate surface area is 109 Å². The topological polar surface area (TPSA) is 56.9 Å². The van der Waals surface area contributed by atoms with Gasteiger partial charge in [0.1, 0.15) is 17.5 Å². The van der Waals surface area contributed by atoms with Crippen LogP contribution in [0, 0.1) is 23.7 Å². The van der Waals surface area contributed by atoms with Crippen molar-refractivity contribution in [2.45, 2.75) is 20.8 Å². The number of anilines is 1. The van der Waals surface area contributed by atoms with Crippen molar-refractivity contribution in [1.29, 1.82) is 5.26 Å². The van der Waals surface area contributed by atoms with Crippen molar-refractivity contribution in [3.8, 4) is 6.07 Å². The predicted molar refractivity (Wildman–Crippen MR) is 73.5 cm³/mol. The van der Waals surface area contributed by atoms with Gasteiger partial charge in [0.25, 0.3) is 0 Å². The Bertz CT molecular complexity index is 451. The van der Waals surface area contributed by atoms with Gasteiger partial charge >= 0.3 is 0 Å². The first-order chi connectivity index (χ1) is 8.26. The van der Waals surface area contributed by atoms with Crippen LogP contribution < -0.4 is 5.32 Å². The molecule has 1 aromatic heterocycles. The fourth-order valence-electron chi connectivity index (χ4n) is 2.23. The third-order valence-corrected chi connectivity index (χ3v) is 2.81. The fourth-order valence-corrected chi connectivity index (χ4v) is 2.23. The molecule has 0 radical (unpaired) electrons. The Morgan fingerprint density at radius 1 is 1.44 bits per heavy atom. The summed E-state index contributed by atoms with van der Waals surface area (Å²) in [5, 5.41) is 16.8. The molecular formula is C13H23N5. The highest BCUT2D eigenvalue weighted by molar-refractivity contribution is 5.55. The molecule has 0 fully saturated rings. The summed E-state index contributed by atoms with van der Waals surface area (Å²) in [6, 6.07) is 2.21. The second-order valence-electron chi connectivity index (χ2n) is 5.80. The van der Waals surface area contributed by atoms with Gasteiger partial charge < -0.3 is 10.2 Å². The number of hydrogen-bond acceptors (Lipinski definition) is 4. The van der Waals surface area contributed by atoms with E-state index < -0.39 is 0 Å². The van der Waals surface area contributed by atoms with Crippen molar-refractivity contribution in [3.05, 3.63) is 11.3 Å². The van der Waals surface area contributed by atoms with E-state index >= 15 is 0 Å². The maximum atomic E-state index is 9.14. The lowest BCUT2D eigenvalue weighted by Gasteiger charge is -2.28. The normalized spacial score (nSPS) is 11.7. The van der Waals surface area contributed by atoms with E-state index in [2.05, 4.69) is 49.3 Å². The summed E-state index contributed by atoms with van der Waals surface area (Å²) in [6.45, 7) is 8.05. The van der Waals surface area contributed by atoms with E-state index in [0.717, 1.165) is 24.6 Å². The summed E-state index contributed by atoms with van der Waals surface area (Å²) < 4.78 is 1.74. The zero-order valence-corrected chi connectivity index (χ0v) is 12.2. The minimum atomic E-state index is 0.133. The molecule has 0 spiro atoms. The van der Waals surface area contributed by atoms with Gasteiger partial charge in [0.15, 0.2) is 0 Å². The molecule has 0 aliphatic carbocycles. The van der Waals surface area contributed by atoms with E-state index in [-0.39, 0.29) is 5.41 Å². The minimum absolute atomic E-state index is 0.133. The van der Waals surface area contributed by atoms with E-state index in [0.29, 0.717) is 5.56 Å². The largest absolute Gasteiger partial charge is 0.369 e. The summed E-state index contributed by atoms with van der Waals surface area (Å²) >= 11 is 0. The Kier molecular flexibility index (Phi) is 4.36. The molecule has 5 heteroatoms.